The molecule has 3 heteroatoms. The van der Waals surface area contributed by atoms with E-state index in [0.717, 1.165) is 18.1 Å². The molecule has 0 aliphatic carbocycles. The Morgan fingerprint density at radius 1 is 1.42 bits per heavy atom. The molecule has 2 rings (SSSR count). The molecular weight excluding hydrogens is 256 g/mol. The van der Waals surface area contributed by atoms with Crippen molar-refractivity contribution in [2.75, 3.05) is 13.1 Å². The topological polar surface area (TPSA) is 15.3 Å². The molecule has 1 fully saturated rings. The van der Waals surface area contributed by atoms with E-state index >= 15 is 0 Å². The van der Waals surface area contributed by atoms with Crippen molar-refractivity contribution in [3.05, 3.63) is 34.9 Å². The average Bonchev–Trinajstić information content (AvgIpc) is 2.39. The van der Waals surface area contributed by atoms with Crippen molar-refractivity contribution in [2.45, 2.75) is 51.7 Å². The molecule has 0 spiro atoms. The molecule has 1 aromatic rings. The van der Waals surface area contributed by atoms with Crippen molar-refractivity contribution in [2.24, 2.45) is 0 Å². The minimum absolute atomic E-state index is 0.395. The number of likely N-dealkylation sites (tertiary alicyclic amines) is 1. The third-order valence-corrected chi connectivity index (χ3v) is 4.62. The van der Waals surface area contributed by atoms with Gasteiger partial charge in [0.25, 0.3) is 0 Å². The minimum atomic E-state index is 0.395. The highest BCUT2D eigenvalue weighted by Crippen LogP contribution is 2.31. The molecule has 1 N–H and O–H groups in total. The molecular formula is C16H25ClN2. The third-order valence-electron chi connectivity index (χ3n) is 4.27. The van der Waals surface area contributed by atoms with Gasteiger partial charge in [0.2, 0.25) is 0 Å². The SMILES string of the molecule is CCNC1CCN(C(C)c2ccccc2Cl)C(C)C1. The summed E-state index contributed by atoms with van der Waals surface area (Å²) >= 11 is 6.33. The molecule has 19 heavy (non-hydrogen) atoms. The molecule has 1 saturated heterocycles. The van der Waals surface area contributed by atoms with Gasteiger partial charge in [-0.1, -0.05) is 36.7 Å². The van der Waals surface area contributed by atoms with Crippen LogP contribution in [0.15, 0.2) is 24.3 Å². The van der Waals surface area contributed by atoms with Gasteiger partial charge in [-0.15, -0.1) is 0 Å². The van der Waals surface area contributed by atoms with Crippen LogP contribution < -0.4 is 5.32 Å². The zero-order valence-electron chi connectivity index (χ0n) is 12.2. The van der Waals surface area contributed by atoms with Crippen LogP contribution in [0.3, 0.4) is 0 Å². The minimum Gasteiger partial charge on any atom is -0.314 e. The number of hydrogen-bond acceptors (Lipinski definition) is 2. The highest BCUT2D eigenvalue weighted by Gasteiger charge is 2.29. The normalized spacial score (nSPS) is 26.3. The largest absolute Gasteiger partial charge is 0.314 e. The Morgan fingerprint density at radius 3 is 2.79 bits per heavy atom. The van der Waals surface area contributed by atoms with Crippen LogP contribution in [0.1, 0.15) is 45.2 Å². The fourth-order valence-electron chi connectivity index (χ4n) is 3.23. The summed E-state index contributed by atoms with van der Waals surface area (Å²) in [6.45, 7) is 8.99. The van der Waals surface area contributed by atoms with E-state index in [-0.39, 0.29) is 0 Å². The maximum absolute atomic E-state index is 6.33. The lowest BCUT2D eigenvalue weighted by Crippen LogP contribution is -2.48. The van der Waals surface area contributed by atoms with Gasteiger partial charge in [0.05, 0.1) is 0 Å². The predicted octanol–water partition coefficient (Wildman–Crippen LogP) is 3.86. The van der Waals surface area contributed by atoms with Crippen molar-refractivity contribution in [3.63, 3.8) is 0 Å². The Balaban J connectivity index is 2.05. The van der Waals surface area contributed by atoms with Crippen LogP contribution in [0.25, 0.3) is 0 Å². The van der Waals surface area contributed by atoms with E-state index in [1.807, 2.05) is 12.1 Å². The van der Waals surface area contributed by atoms with Crippen LogP contribution in [0.4, 0.5) is 0 Å². The van der Waals surface area contributed by atoms with E-state index in [2.05, 4.69) is 43.1 Å². The maximum Gasteiger partial charge on any atom is 0.0453 e. The van der Waals surface area contributed by atoms with Gasteiger partial charge in [-0.05, 0) is 44.9 Å². The van der Waals surface area contributed by atoms with Gasteiger partial charge < -0.3 is 5.32 Å². The number of nitrogens with one attached hydrogen (secondary N) is 1. The molecule has 0 radical (unpaired) electrons. The van der Waals surface area contributed by atoms with Crippen molar-refractivity contribution in [1.82, 2.24) is 10.2 Å². The van der Waals surface area contributed by atoms with E-state index in [4.69, 9.17) is 11.6 Å². The van der Waals surface area contributed by atoms with Gasteiger partial charge in [-0.25, -0.2) is 0 Å². The van der Waals surface area contributed by atoms with Crippen molar-refractivity contribution in [3.8, 4) is 0 Å². The summed E-state index contributed by atoms with van der Waals surface area (Å²) < 4.78 is 0. The lowest BCUT2D eigenvalue weighted by molar-refractivity contribution is 0.0960. The highest BCUT2D eigenvalue weighted by molar-refractivity contribution is 6.31. The molecule has 106 valence electrons. The predicted molar refractivity (Wildman–Crippen MR) is 82.7 cm³/mol. The van der Waals surface area contributed by atoms with Crippen molar-refractivity contribution >= 4 is 11.6 Å². The van der Waals surface area contributed by atoms with E-state index in [0.29, 0.717) is 18.1 Å². The van der Waals surface area contributed by atoms with Gasteiger partial charge in [0.1, 0.15) is 0 Å². The first-order valence-corrected chi connectivity index (χ1v) is 7.74. The summed E-state index contributed by atoms with van der Waals surface area (Å²) in [5.74, 6) is 0. The average molecular weight is 281 g/mol. The van der Waals surface area contributed by atoms with Crippen LogP contribution in [0, 0.1) is 0 Å². The zero-order chi connectivity index (χ0) is 13.8. The molecule has 0 bridgehead atoms. The Bertz CT molecular complexity index is 407. The molecule has 1 aliphatic heterocycles. The molecule has 3 atom stereocenters. The molecule has 0 aromatic heterocycles. The zero-order valence-corrected chi connectivity index (χ0v) is 13.0. The molecule has 3 unspecified atom stereocenters. The summed E-state index contributed by atoms with van der Waals surface area (Å²) in [6, 6.07) is 9.89. The first-order chi connectivity index (χ1) is 9.13. The van der Waals surface area contributed by atoms with Gasteiger partial charge in [0.15, 0.2) is 0 Å². The second kappa shape index (κ2) is 6.74. The van der Waals surface area contributed by atoms with E-state index in [1.54, 1.807) is 0 Å². The van der Waals surface area contributed by atoms with Crippen LogP contribution in [0.5, 0.6) is 0 Å². The van der Waals surface area contributed by atoms with Gasteiger partial charge in [-0.2, -0.15) is 0 Å². The first kappa shape index (κ1) is 14.8. The molecule has 1 aromatic carbocycles. The van der Waals surface area contributed by atoms with Gasteiger partial charge in [-0.3, -0.25) is 4.90 Å². The Morgan fingerprint density at radius 2 is 2.16 bits per heavy atom. The second-order valence-electron chi connectivity index (χ2n) is 5.56. The van der Waals surface area contributed by atoms with Crippen LogP contribution in [-0.4, -0.2) is 30.1 Å². The van der Waals surface area contributed by atoms with E-state index in [9.17, 15) is 0 Å². The lowest BCUT2D eigenvalue weighted by atomic mass is 9.94. The smallest absolute Gasteiger partial charge is 0.0453 e. The van der Waals surface area contributed by atoms with Gasteiger partial charge >= 0.3 is 0 Å². The Labute approximate surface area is 122 Å². The number of hydrogen-bond donors (Lipinski definition) is 1. The fourth-order valence-corrected chi connectivity index (χ4v) is 3.53. The Kier molecular flexibility index (Phi) is 5.26. The maximum atomic E-state index is 6.33. The third kappa shape index (κ3) is 3.50. The summed E-state index contributed by atoms with van der Waals surface area (Å²) in [5, 5.41) is 4.46. The quantitative estimate of drug-likeness (QED) is 0.901. The van der Waals surface area contributed by atoms with E-state index < -0.39 is 0 Å². The van der Waals surface area contributed by atoms with Crippen molar-refractivity contribution < 1.29 is 0 Å². The fraction of sp³-hybridized carbons (Fsp3) is 0.625. The summed E-state index contributed by atoms with van der Waals surface area (Å²) in [5.41, 5.74) is 1.25. The number of piperidine rings is 1. The molecule has 0 amide bonds. The Hall–Kier alpha value is -0.570. The molecule has 1 heterocycles. The lowest BCUT2D eigenvalue weighted by Gasteiger charge is -2.41. The first-order valence-electron chi connectivity index (χ1n) is 7.37. The molecule has 2 nitrogen and oxygen atoms in total. The molecule has 1 aliphatic rings. The van der Waals surface area contributed by atoms with Crippen LogP contribution >= 0.6 is 11.6 Å². The second-order valence-corrected chi connectivity index (χ2v) is 5.97. The van der Waals surface area contributed by atoms with Crippen LogP contribution in [-0.2, 0) is 0 Å². The summed E-state index contributed by atoms with van der Waals surface area (Å²) in [6.07, 6.45) is 2.45. The molecule has 0 saturated carbocycles. The highest BCUT2D eigenvalue weighted by atomic mass is 35.5. The number of nitrogens with zero attached hydrogens (tertiary/aromatic N) is 1. The standard InChI is InChI=1S/C16H25ClN2/c1-4-18-14-9-10-19(12(2)11-14)13(3)15-7-5-6-8-16(15)17/h5-8,12-14,18H,4,9-11H2,1-3H3. The van der Waals surface area contributed by atoms with Crippen molar-refractivity contribution in [1.29, 1.82) is 0 Å². The number of benzene rings is 1. The van der Waals surface area contributed by atoms with Crippen LogP contribution in [0.2, 0.25) is 5.02 Å². The summed E-state index contributed by atoms with van der Waals surface area (Å²) in [4.78, 5) is 2.58. The van der Waals surface area contributed by atoms with Gasteiger partial charge in [0, 0.05) is 29.7 Å². The monoisotopic (exact) mass is 280 g/mol. The number of halogens is 1. The van der Waals surface area contributed by atoms with E-state index in [1.165, 1.54) is 18.4 Å². The number of rotatable bonds is 4. The summed E-state index contributed by atoms with van der Waals surface area (Å²) in [7, 11) is 0.